The molecule has 1 aromatic heterocycles. The number of nitriles is 1. The average Bonchev–Trinajstić information content (AvgIpc) is 2.58. The van der Waals surface area contributed by atoms with Gasteiger partial charge in [-0.3, -0.25) is 4.79 Å². The summed E-state index contributed by atoms with van der Waals surface area (Å²) < 4.78 is 17.4. The van der Waals surface area contributed by atoms with E-state index in [2.05, 4.69) is 15.9 Å². The van der Waals surface area contributed by atoms with Crippen molar-refractivity contribution < 1.29 is 13.9 Å². The number of aryl methyl sites for hydroxylation is 1. The molecule has 2 aromatic carbocycles. The lowest BCUT2D eigenvalue weighted by Gasteiger charge is -2.10. The minimum atomic E-state index is -0.267. The Bertz CT molecular complexity index is 1000. The van der Waals surface area contributed by atoms with Crippen LogP contribution < -0.4 is 14.9 Å². The molecule has 6 heteroatoms. The molecule has 5 nitrogen and oxygen atoms in total. The molecule has 0 bridgehead atoms. The number of ether oxygens (including phenoxy) is 2. The largest absolute Gasteiger partial charge is 0.479 e. The maximum absolute atomic E-state index is 12.7. The summed E-state index contributed by atoms with van der Waals surface area (Å²) in [6.45, 7) is 1.59. The van der Waals surface area contributed by atoms with Crippen molar-refractivity contribution >= 4 is 26.9 Å². The van der Waals surface area contributed by atoms with Crippen molar-refractivity contribution in [2.24, 2.45) is 0 Å². The van der Waals surface area contributed by atoms with E-state index in [1.54, 1.807) is 31.2 Å². The molecule has 0 unspecified atom stereocenters. The van der Waals surface area contributed by atoms with E-state index in [1.807, 2.05) is 24.3 Å². The summed E-state index contributed by atoms with van der Waals surface area (Å²) in [5.41, 5.74) is 0.115. The summed E-state index contributed by atoms with van der Waals surface area (Å²) in [5, 5.41) is 8.94. The van der Waals surface area contributed by atoms with E-state index in [0.717, 1.165) is 4.47 Å². The lowest BCUT2D eigenvalue weighted by Crippen LogP contribution is -2.07. The lowest BCUT2D eigenvalue weighted by atomic mass is 10.2. The fourth-order valence-electron chi connectivity index (χ4n) is 2.23. The zero-order valence-electron chi connectivity index (χ0n) is 12.7. The number of benzene rings is 2. The van der Waals surface area contributed by atoms with Gasteiger partial charge in [-0.15, -0.1) is 0 Å². The van der Waals surface area contributed by atoms with E-state index >= 15 is 0 Å². The summed E-state index contributed by atoms with van der Waals surface area (Å²) in [6.07, 6.45) is 0. The van der Waals surface area contributed by atoms with Crippen LogP contribution in [0.15, 0.2) is 56.1 Å². The predicted molar refractivity (Wildman–Crippen MR) is 92.5 cm³/mol. The maximum atomic E-state index is 12.7. The predicted octanol–water partition coefficient (Wildman–Crippen LogP) is 4.56. The summed E-state index contributed by atoms with van der Waals surface area (Å²) >= 11 is 3.39. The van der Waals surface area contributed by atoms with Crippen LogP contribution in [0.25, 0.3) is 11.0 Å². The Labute approximate surface area is 146 Å². The van der Waals surface area contributed by atoms with Crippen molar-refractivity contribution in [2.75, 3.05) is 6.61 Å². The molecule has 1 heterocycles. The van der Waals surface area contributed by atoms with Gasteiger partial charge < -0.3 is 13.9 Å². The van der Waals surface area contributed by atoms with Crippen molar-refractivity contribution in [1.82, 2.24) is 0 Å². The van der Waals surface area contributed by atoms with E-state index in [0.29, 0.717) is 28.2 Å². The number of hydrogen-bond acceptors (Lipinski definition) is 5. The minimum absolute atomic E-state index is 0.0715. The van der Waals surface area contributed by atoms with Crippen molar-refractivity contribution in [3.63, 3.8) is 0 Å². The second kappa shape index (κ2) is 6.77. The molecule has 0 radical (unpaired) electrons. The Hall–Kier alpha value is -2.78. The van der Waals surface area contributed by atoms with Crippen LogP contribution in [0.1, 0.15) is 5.76 Å². The molecule has 0 atom stereocenters. The second-order valence-corrected chi connectivity index (χ2v) is 5.81. The number of para-hydroxylation sites is 1. The smallest absolute Gasteiger partial charge is 0.235 e. The van der Waals surface area contributed by atoms with Crippen LogP contribution in [0.2, 0.25) is 0 Å². The first-order chi connectivity index (χ1) is 11.6. The highest BCUT2D eigenvalue weighted by Gasteiger charge is 2.15. The van der Waals surface area contributed by atoms with Crippen LogP contribution >= 0.6 is 15.9 Å². The van der Waals surface area contributed by atoms with Crippen LogP contribution in [0.4, 0.5) is 0 Å². The number of nitrogens with zero attached hydrogens (tertiary/aromatic N) is 1. The van der Waals surface area contributed by atoms with Crippen LogP contribution in [-0.2, 0) is 0 Å². The first kappa shape index (κ1) is 16.1. The lowest BCUT2D eigenvalue weighted by molar-refractivity contribution is 0.367. The van der Waals surface area contributed by atoms with E-state index in [9.17, 15) is 4.79 Å². The first-order valence-corrected chi connectivity index (χ1v) is 7.89. The van der Waals surface area contributed by atoms with Crippen LogP contribution in [0, 0.1) is 18.3 Å². The molecule has 0 saturated carbocycles. The zero-order valence-corrected chi connectivity index (χ0v) is 14.3. The third kappa shape index (κ3) is 3.12. The highest BCUT2D eigenvalue weighted by Crippen LogP contribution is 2.31. The van der Waals surface area contributed by atoms with E-state index < -0.39 is 0 Å². The molecule has 0 fully saturated rings. The van der Waals surface area contributed by atoms with Gasteiger partial charge in [0.05, 0.1) is 9.86 Å². The Morgan fingerprint density at radius 3 is 2.79 bits per heavy atom. The van der Waals surface area contributed by atoms with Crippen molar-refractivity contribution in [2.45, 2.75) is 6.92 Å². The Morgan fingerprint density at radius 1 is 1.25 bits per heavy atom. The monoisotopic (exact) mass is 385 g/mol. The molecule has 120 valence electrons. The minimum Gasteiger partial charge on any atom is -0.479 e. The van der Waals surface area contributed by atoms with Gasteiger partial charge >= 0.3 is 0 Å². The number of fused-ring (bicyclic) bond motifs is 1. The topological polar surface area (TPSA) is 72.5 Å². The molecule has 0 saturated heterocycles. The molecule has 0 aliphatic carbocycles. The Kier molecular flexibility index (Phi) is 4.54. The third-order valence-electron chi connectivity index (χ3n) is 3.34. The SMILES string of the molecule is Cc1oc2cc(OCC#N)ccc2c(=O)c1Oc1ccccc1Br. The summed E-state index contributed by atoms with van der Waals surface area (Å²) in [5.74, 6) is 1.49. The summed E-state index contributed by atoms with van der Waals surface area (Å²) in [4.78, 5) is 12.7. The molecule has 0 spiro atoms. The molecule has 3 aromatic rings. The molecular weight excluding hydrogens is 374 g/mol. The quantitative estimate of drug-likeness (QED) is 0.658. The average molecular weight is 386 g/mol. The highest BCUT2D eigenvalue weighted by atomic mass is 79.9. The van der Waals surface area contributed by atoms with E-state index in [1.165, 1.54) is 0 Å². The van der Waals surface area contributed by atoms with Gasteiger partial charge in [0.1, 0.15) is 28.9 Å². The van der Waals surface area contributed by atoms with E-state index in [-0.39, 0.29) is 17.8 Å². The van der Waals surface area contributed by atoms with E-state index in [4.69, 9.17) is 19.2 Å². The number of halogens is 1. The Balaban J connectivity index is 2.06. The molecule has 3 rings (SSSR count). The molecule has 24 heavy (non-hydrogen) atoms. The summed E-state index contributed by atoms with van der Waals surface area (Å²) in [7, 11) is 0. The van der Waals surface area contributed by atoms with Gasteiger partial charge in [-0.25, -0.2) is 0 Å². The van der Waals surface area contributed by atoms with Gasteiger partial charge in [0, 0.05) is 6.07 Å². The molecule has 0 aliphatic rings. The van der Waals surface area contributed by atoms with Gasteiger partial charge in [-0.05, 0) is 47.1 Å². The third-order valence-corrected chi connectivity index (χ3v) is 3.99. The number of rotatable bonds is 4. The van der Waals surface area contributed by atoms with Crippen LogP contribution in [0.5, 0.6) is 17.2 Å². The molecular formula is C18H12BrNO4. The first-order valence-electron chi connectivity index (χ1n) is 7.09. The van der Waals surface area contributed by atoms with Gasteiger partial charge in [-0.1, -0.05) is 12.1 Å². The van der Waals surface area contributed by atoms with Gasteiger partial charge in [-0.2, -0.15) is 5.26 Å². The molecule has 0 N–H and O–H groups in total. The van der Waals surface area contributed by atoms with Gasteiger partial charge in [0.25, 0.3) is 0 Å². The molecule has 0 amide bonds. The van der Waals surface area contributed by atoms with Crippen molar-refractivity contribution in [1.29, 1.82) is 5.26 Å². The zero-order chi connectivity index (χ0) is 17.1. The molecule has 0 aliphatic heterocycles. The number of hydrogen-bond donors (Lipinski definition) is 0. The standard InChI is InChI=1S/C18H12BrNO4/c1-11-18(24-15-5-3-2-4-14(15)19)17(21)13-7-6-12(22-9-8-20)10-16(13)23-11/h2-7,10H,9H2,1H3. The van der Waals surface area contributed by atoms with Gasteiger partial charge in [0.2, 0.25) is 11.2 Å². The fourth-order valence-corrected chi connectivity index (χ4v) is 2.59. The van der Waals surface area contributed by atoms with Crippen LogP contribution in [0.3, 0.4) is 0 Å². The van der Waals surface area contributed by atoms with Crippen molar-refractivity contribution in [3.8, 4) is 23.3 Å². The highest BCUT2D eigenvalue weighted by molar-refractivity contribution is 9.10. The maximum Gasteiger partial charge on any atom is 0.235 e. The normalized spacial score (nSPS) is 10.4. The summed E-state index contributed by atoms with van der Waals surface area (Å²) in [6, 6.07) is 13.9. The fraction of sp³-hybridized carbons (Fsp3) is 0.111. The van der Waals surface area contributed by atoms with Crippen LogP contribution in [-0.4, -0.2) is 6.61 Å². The van der Waals surface area contributed by atoms with Gasteiger partial charge in [0.15, 0.2) is 6.61 Å². The van der Waals surface area contributed by atoms with Crippen molar-refractivity contribution in [3.05, 3.63) is 62.9 Å². The second-order valence-electron chi connectivity index (χ2n) is 4.95. The Morgan fingerprint density at radius 2 is 2.04 bits per heavy atom.